The van der Waals surface area contributed by atoms with Crippen molar-refractivity contribution in [2.75, 3.05) is 6.61 Å². The Morgan fingerprint density at radius 2 is 2.28 bits per heavy atom. The Bertz CT molecular complexity index is 537. The van der Waals surface area contributed by atoms with Gasteiger partial charge in [-0.05, 0) is 12.5 Å². The van der Waals surface area contributed by atoms with Gasteiger partial charge >= 0.3 is 5.97 Å². The first-order valence-electron chi connectivity index (χ1n) is 4.99. The lowest BCUT2D eigenvalue weighted by Gasteiger charge is -2.08. The third-order valence-corrected chi connectivity index (χ3v) is 2.46. The predicted molar refractivity (Wildman–Crippen MR) is 63.3 cm³/mol. The van der Waals surface area contributed by atoms with E-state index in [1.807, 2.05) is 0 Å². The fourth-order valence-electron chi connectivity index (χ4n) is 1.40. The summed E-state index contributed by atoms with van der Waals surface area (Å²) < 4.78 is 4.78. The second kappa shape index (κ2) is 5.98. The number of halogens is 1. The van der Waals surface area contributed by atoms with Gasteiger partial charge in [-0.1, -0.05) is 0 Å². The van der Waals surface area contributed by atoms with Crippen molar-refractivity contribution in [1.82, 2.24) is 0 Å². The molecule has 0 spiro atoms. The van der Waals surface area contributed by atoms with Gasteiger partial charge in [0.15, 0.2) is 0 Å². The molecule has 0 bridgehead atoms. The normalized spacial score (nSPS) is 9.61. The Morgan fingerprint density at radius 1 is 1.61 bits per heavy atom. The van der Waals surface area contributed by atoms with Crippen LogP contribution < -0.4 is 0 Å². The number of esters is 1. The number of benzene rings is 1. The number of hydrogen-bond donors (Lipinski definition) is 0. The zero-order valence-corrected chi connectivity index (χ0v) is 10.2. The number of alkyl halides is 1. The molecule has 1 rings (SSSR count). The third-order valence-electron chi connectivity index (χ3n) is 2.19. The van der Waals surface area contributed by atoms with Crippen molar-refractivity contribution in [3.8, 4) is 6.07 Å². The summed E-state index contributed by atoms with van der Waals surface area (Å²) in [6, 6.07) is 3.93. The van der Waals surface area contributed by atoms with Gasteiger partial charge in [-0.2, -0.15) is 5.26 Å². The standard InChI is InChI=1S/C11H9ClN2O4/c1-2-18-11(15)9-4-8(14(16)17)3-7(6-13)10(9)5-12/h3-4H,2,5H2,1H3. The third kappa shape index (κ3) is 2.76. The van der Waals surface area contributed by atoms with Crippen LogP contribution in [0.15, 0.2) is 12.1 Å². The van der Waals surface area contributed by atoms with Gasteiger partial charge in [-0.15, -0.1) is 11.6 Å². The van der Waals surface area contributed by atoms with Crippen LogP contribution in [-0.2, 0) is 10.6 Å². The highest BCUT2D eigenvalue weighted by Crippen LogP contribution is 2.24. The van der Waals surface area contributed by atoms with E-state index >= 15 is 0 Å². The first-order chi connectivity index (χ1) is 8.54. The lowest BCUT2D eigenvalue weighted by atomic mass is 10.0. The van der Waals surface area contributed by atoms with E-state index in [1.54, 1.807) is 13.0 Å². The number of non-ortho nitro benzene ring substituents is 1. The van der Waals surface area contributed by atoms with Crippen molar-refractivity contribution in [3.63, 3.8) is 0 Å². The number of carbonyl (C=O) groups excluding carboxylic acids is 1. The molecule has 0 amide bonds. The summed E-state index contributed by atoms with van der Waals surface area (Å²) in [5, 5.41) is 19.6. The van der Waals surface area contributed by atoms with Crippen LogP contribution >= 0.6 is 11.6 Å². The number of nitro benzene ring substituents is 1. The van der Waals surface area contributed by atoms with Crippen LogP contribution in [0, 0.1) is 21.4 Å². The van der Waals surface area contributed by atoms with Gasteiger partial charge < -0.3 is 4.74 Å². The molecule has 0 unspecified atom stereocenters. The van der Waals surface area contributed by atoms with Crippen molar-refractivity contribution in [3.05, 3.63) is 38.9 Å². The molecule has 0 aliphatic heterocycles. The second-order valence-corrected chi connectivity index (χ2v) is 3.51. The average Bonchev–Trinajstić information content (AvgIpc) is 2.37. The van der Waals surface area contributed by atoms with E-state index in [1.165, 1.54) is 0 Å². The number of nitrogens with zero attached hydrogens (tertiary/aromatic N) is 2. The van der Waals surface area contributed by atoms with E-state index in [9.17, 15) is 14.9 Å². The first-order valence-corrected chi connectivity index (χ1v) is 5.53. The molecular formula is C11H9ClN2O4. The molecule has 1 aromatic carbocycles. The highest BCUT2D eigenvalue weighted by molar-refractivity contribution is 6.18. The molecule has 18 heavy (non-hydrogen) atoms. The minimum absolute atomic E-state index is 0.00209. The number of carbonyl (C=O) groups is 1. The Morgan fingerprint density at radius 3 is 2.72 bits per heavy atom. The Balaban J connectivity index is 3.46. The van der Waals surface area contributed by atoms with Gasteiger partial charge in [-0.25, -0.2) is 4.79 Å². The number of nitro groups is 1. The molecule has 0 N–H and O–H groups in total. The van der Waals surface area contributed by atoms with Gasteiger partial charge in [-0.3, -0.25) is 10.1 Å². The Kier molecular flexibility index (Phi) is 4.63. The van der Waals surface area contributed by atoms with Crippen LogP contribution in [0.3, 0.4) is 0 Å². The van der Waals surface area contributed by atoms with Crippen LogP contribution in [0.5, 0.6) is 0 Å². The van der Waals surface area contributed by atoms with Gasteiger partial charge in [0.25, 0.3) is 5.69 Å². The van der Waals surface area contributed by atoms with E-state index in [0.717, 1.165) is 12.1 Å². The SMILES string of the molecule is CCOC(=O)c1cc([N+](=O)[O-])cc(C#N)c1CCl. The summed E-state index contributed by atoms with van der Waals surface area (Å²) in [6.45, 7) is 1.74. The molecule has 0 aliphatic carbocycles. The lowest BCUT2D eigenvalue weighted by Crippen LogP contribution is -2.10. The van der Waals surface area contributed by atoms with Crippen molar-refractivity contribution in [2.24, 2.45) is 0 Å². The Labute approximate surface area is 108 Å². The number of hydrogen-bond acceptors (Lipinski definition) is 5. The van der Waals surface area contributed by atoms with Gasteiger partial charge in [0.05, 0.1) is 28.7 Å². The maximum absolute atomic E-state index is 11.7. The smallest absolute Gasteiger partial charge is 0.338 e. The molecule has 1 aromatic rings. The Hall–Kier alpha value is -2.13. The summed E-state index contributed by atoms with van der Waals surface area (Å²) in [5.74, 6) is -0.831. The summed E-state index contributed by atoms with van der Waals surface area (Å²) >= 11 is 5.66. The fraction of sp³-hybridized carbons (Fsp3) is 0.273. The molecule has 0 aliphatic rings. The maximum Gasteiger partial charge on any atom is 0.338 e. The molecule has 0 heterocycles. The fourth-order valence-corrected chi connectivity index (χ4v) is 1.68. The largest absolute Gasteiger partial charge is 0.462 e. The van der Waals surface area contributed by atoms with Gasteiger partial charge in [0.1, 0.15) is 0 Å². The average molecular weight is 269 g/mol. The van der Waals surface area contributed by atoms with Crippen molar-refractivity contribution < 1.29 is 14.5 Å². The number of ether oxygens (including phenoxy) is 1. The van der Waals surface area contributed by atoms with E-state index in [0.29, 0.717) is 0 Å². The molecule has 0 saturated carbocycles. The maximum atomic E-state index is 11.7. The van der Waals surface area contributed by atoms with Crippen molar-refractivity contribution in [2.45, 2.75) is 12.8 Å². The van der Waals surface area contributed by atoms with E-state index < -0.39 is 10.9 Å². The quantitative estimate of drug-likeness (QED) is 0.362. The zero-order valence-electron chi connectivity index (χ0n) is 9.47. The van der Waals surface area contributed by atoms with Crippen LogP contribution in [0.2, 0.25) is 0 Å². The molecular weight excluding hydrogens is 260 g/mol. The predicted octanol–water partition coefficient (Wildman–Crippen LogP) is 2.38. The summed E-state index contributed by atoms with van der Waals surface area (Å²) in [5.41, 5.74) is -0.147. The van der Waals surface area contributed by atoms with Crippen LogP contribution in [-0.4, -0.2) is 17.5 Å². The number of rotatable bonds is 4. The van der Waals surface area contributed by atoms with Crippen molar-refractivity contribution >= 4 is 23.3 Å². The van der Waals surface area contributed by atoms with E-state index in [-0.39, 0.29) is 34.9 Å². The first kappa shape index (κ1) is 13.9. The summed E-state index contributed by atoms with van der Waals surface area (Å²) in [7, 11) is 0. The van der Waals surface area contributed by atoms with E-state index in [2.05, 4.69) is 0 Å². The highest BCUT2D eigenvalue weighted by atomic mass is 35.5. The zero-order chi connectivity index (χ0) is 13.7. The number of nitriles is 1. The molecule has 0 aromatic heterocycles. The molecule has 0 fully saturated rings. The molecule has 6 nitrogen and oxygen atoms in total. The molecule has 0 atom stereocenters. The van der Waals surface area contributed by atoms with Gasteiger partial charge in [0.2, 0.25) is 0 Å². The molecule has 0 radical (unpaired) electrons. The van der Waals surface area contributed by atoms with Crippen molar-refractivity contribution in [1.29, 1.82) is 5.26 Å². The van der Waals surface area contributed by atoms with Crippen LogP contribution in [0.4, 0.5) is 5.69 Å². The minimum atomic E-state index is -0.728. The molecule has 94 valence electrons. The second-order valence-electron chi connectivity index (χ2n) is 3.24. The molecule has 7 heteroatoms. The van der Waals surface area contributed by atoms with Crippen LogP contribution in [0.25, 0.3) is 0 Å². The van der Waals surface area contributed by atoms with Gasteiger partial charge in [0, 0.05) is 18.0 Å². The van der Waals surface area contributed by atoms with E-state index in [4.69, 9.17) is 21.6 Å². The topological polar surface area (TPSA) is 93.2 Å². The molecule has 0 saturated heterocycles. The minimum Gasteiger partial charge on any atom is -0.462 e. The van der Waals surface area contributed by atoms with Crippen LogP contribution in [0.1, 0.15) is 28.4 Å². The summed E-state index contributed by atoms with van der Waals surface area (Å²) in [4.78, 5) is 21.7. The lowest BCUT2D eigenvalue weighted by molar-refractivity contribution is -0.384. The highest BCUT2D eigenvalue weighted by Gasteiger charge is 2.21. The summed E-state index contributed by atoms with van der Waals surface area (Å²) in [6.07, 6.45) is 0. The monoisotopic (exact) mass is 268 g/mol.